The lowest BCUT2D eigenvalue weighted by Crippen LogP contribution is -2.43. The zero-order valence-electron chi connectivity index (χ0n) is 25.3. The number of carbonyl (C=O) groups is 2. The Morgan fingerprint density at radius 2 is 1.43 bits per heavy atom. The normalized spacial score (nSPS) is 20.4. The van der Waals surface area contributed by atoms with Gasteiger partial charge in [0.2, 0.25) is 0 Å². The van der Waals surface area contributed by atoms with Gasteiger partial charge in [-0.25, -0.2) is 0 Å². The van der Waals surface area contributed by atoms with Crippen LogP contribution in [0.1, 0.15) is 77.3 Å². The molecular formula is C33H38INO6S. The van der Waals surface area contributed by atoms with Crippen molar-refractivity contribution in [1.29, 1.82) is 0 Å². The molecular weight excluding hydrogens is 665 g/mol. The Balaban J connectivity index is 1.68. The number of ketones is 2. The monoisotopic (exact) mass is 703 g/mol. The van der Waals surface area contributed by atoms with Crippen LogP contribution in [0.5, 0.6) is 11.5 Å². The third-order valence-corrected chi connectivity index (χ3v) is 10.4. The van der Waals surface area contributed by atoms with Gasteiger partial charge in [-0.05, 0) is 89.9 Å². The highest BCUT2D eigenvalue weighted by molar-refractivity contribution is 14.1. The Bertz CT molecular complexity index is 1600. The SMILES string of the molecule is CCOc1cc(C2C3=C(CC(C)(C)CC3=O)N(C)C3=C2C(=O)CC(C)(C)C3)cc(I)c1OS(=O)(=O)c1ccc(C)cc1. The second-order valence-electron chi connectivity index (χ2n) is 13.2. The van der Waals surface area contributed by atoms with Crippen LogP contribution in [0.4, 0.5) is 0 Å². The van der Waals surface area contributed by atoms with E-state index in [4.69, 9.17) is 8.92 Å². The van der Waals surface area contributed by atoms with Gasteiger partial charge in [-0.3, -0.25) is 9.59 Å². The van der Waals surface area contributed by atoms with Gasteiger partial charge in [0.15, 0.2) is 23.1 Å². The molecule has 0 saturated carbocycles. The van der Waals surface area contributed by atoms with Gasteiger partial charge in [0, 0.05) is 48.3 Å². The van der Waals surface area contributed by atoms with Gasteiger partial charge in [0.1, 0.15) is 4.90 Å². The van der Waals surface area contributed by atoms with Crippen molar-refractivity contribution in [1.82, 2.24) is 4.90 Å². The number of allylic oxidation sites excluding steroid dienone is 4. The summed E-state index contributed by atoms with van der Waals surface area (Å²) in [7, 11) is -2.16. The largest absolute Gasteiger partial charge is 0.490 e. The molecule has 0 spiro atoms. The molecule has 1 heterocycles. The van der Waals surface area contributed by atoms with E-state index in [0.29, 0.717) is 27.6 Å². The number of benzene rings is 2. The van der Waals surface area contributed by atoms with Crippen LogP contribution in [0.25, 0.3) is 0 Å². The highest BCUT2D eigenvalue weighted by atomic mass is 127. The number of ether oxygens (including phenoxy) is 1. The Morgan fingerprint density at radius 1 is 0.905 bits per heavy atom. The molecule has 0 unspecified atom stereocenters. The molecule has 0 N–H and O–H groups in total. The summed E-state index contributed by atoms with van der Waals surface area (Å²) in [6.45, 7) is 12.4. The molecule has 224 valence electrons. The van der Waals surface area contributed by atoms with E-state index in [1.165, 1.54) is 12.1 Å². The molecule has 0 amide bonds. The minimum Gasteiger partial charge on any atom is -0.490 e. The lowest BCUT2D eigenvalue weighted by Gasteiger charge is -2.48. The molecule has 2 aromatic rings. The van der Waals surface area contributed by atoms with E-state index in [1.54, 1.807) is 18.2 Å². The van der Waals surface area contributed by atoms with Crippen LogP contribution in [0.2, 0.25) is 0 Å². The smallest absolute Gasteiger partial charge is 0.339 e. The van der Waals surface area contributed by atoms with Crippen molar-refractivity contribution in [3.05, 3.63) is 73.6 Å². The minimum atomic E-state index is -4.14. The quantitative estimate of drug-likeness (QED) is 0.235. The van der Waals surface area contributed by atoms with Crippen molar-refractivity contribution in [2.45, 2.75) is 78.0 Å². The number of aryl methyl sites for hydroxylation is 1. The summed E-state index contributed by atoms with van der Waals surface area (Å²) in [5.41, 5.74) is 4.48. The van der Waals surface area contributed by atoms with E-state index >= 15 is 0 Å². The maximum atomic E-state index is 13.9. The van der Waals surface area contributed by atoms with E-state index in [0.717, 1.165) is 35.4 Å². The number of hydrogen-bond acceptors (Lipinski definition) is 7. The van der Waals surface area contributed by atoms with Crippen LogP contribution in [0, 0.1) is 21.3 Å². The molecule has 0 fully saturated rings. The lowest BCUT2D eigenvalue weighted by molar-refractivity contribution is -0.119. The molecule has 0 aromatic heterocycles. The van der Waals surface area contributed by atoms with Crippen molar-refractivity contribution in [2.75, 3.05) is 13.7 Å². The van der Waals surface area contributed by atoms with Crippen LogP contribution >= 0.6 is 22.6 Å². The zero-order valence-corrected chi connectivity index (χ0v) is 28.2. The Morgan fingerprint density at radius 3 is 1.93 bits per heavy atom. The van der Waals surface area contributed by atoms with E-state index in [2.05, 4.69) is 55.2 Å². The molecule has 0 saturated heterocycles. The summed E-state index contributed by atoms with van der Waals surface area (Å²) in [6, 6.07) is 10.0. The summed E-state index contributed by atoms with van der Waals surface area (Å²) in [4.78, 5) is 29.9. The fraction of sp³-hybridized carbons (Fsp3) is 0.455. The van der Waals surface area contributed by atoms with Crippen LogP contribution < -0.4 is 8.92 Å². The van der Waals surface area contributed by atoms with Crippen molar-refractivity contribution >= 4 is 44.3 Å². The molecule has 9 heteroatoms. The Kier molecular flexibility index (Phi) is 7.92. The first-order valence-corrected chi connectivity index (χ1v) is 16.8. The molecule has 1 aliphatic heterocycles. The van der Waals surface area contributed by atoms with Gasteiger partial charge in [-0.15, -0.1) is 0 Å². The second kappa shape index (κ2) is 10.8. The van der Waals surface area contributed by atoms with Gasteiger partial charge in [-0.1, -0.05) is 45.4 Å². The first kappa shape index (κ1) is 30.8. The third kappa shape index (κ3) is 5.66. The standard InChI is InChI=1S/C33H38INO6S/c1-8-40-27-14-20(13-22(34)31(27)41-42(38,39)21-11-9-19(2)10-12-21)28-29-23(15-32(3,4)17-25(29)36)35(7)24-16-33(5,6)18-26(37)30(24)28/h9-14,28H,8,15-18H2,1-7H3. The van der Waals surface area contributed by atoms with Crippen LogP contribution in [-0.2, 0) is 19.7 Å². The summed E-state index contributed by atoms with van der Waals surface area (Å²) < 4.78 is 38.6. The highest BCUT2D eigenvalue weighted by Crippen LogP contribution is 2.55. The first-order chi connectivity index (χ1) is 19.5. The van der Waals surface area contributed by atoms with Gasteiger partial charge in [0.25, 0.3) is 0 Å². The molecule has 2 aliphatic carbocycles. The molecule has 5 rings (SSSR count). The van der Waals surface area contributed by atoms with Crippen molar-refractivity contribution in [2.24, 2.45) is 10.8 Å². The average Bonchev–Trinajstić information content (AvgIpc) is 2.86. The molecule has 0 bridgehead atoms. The Labute approximate surface area is 262 Å². The van der Waals surface area contributed by atoms with Gasteiger partial charge in [0.05, 0.1) is 10.2 Å². The van der Waals surface area contributed by atoms with Gasteiger partial charge >= 0.3 is 10.1 Å². The fourth-order valence-electron chi connectivity index (χ4n) is 6.46. The fourth-order valence-corrected chi connectivity index (χ4v) is 8.30. The third-order valence-electron chi connectivity index (χ3n) is 8.35. The number of carbonyl (C=O) groups excluding carboxylic acids is 2. The first-order valence-electron chi connectivity index (χ1n) is 14.3. The molecule has 0 radical (unpaired) electrons. The number of nitrogens with zero attached hydrogens (tertiary/aromatic N) is 1. The summed E-state index contributed by atoms with van der Waals surface area (Å²) in [6.07, 6.45) is 2.23. The number of rotatable bonds is 6. The summed E-state index contributed by atoms with van der Waals surface area (Å²) >= 11 is 2.05. The molecule has 42 heavy (non-hydrogen) atoms. The van der Waals surface area contributed by atoms with Crippen LogP contribution in [-0.4, -0.2) is 38.5 Å². The predicted molar refractivity (Wildman–Crippen MR) is 170 cm³/mol. The second-order valence-corrected chi connectivity index (χ2v) is 15.9. The lowest BCUT2D eigenvalue weighted by atomic mass is 9.64. The number of Topliss-reactive ketones (excluding diaryl/α,β-unsaturated/α-hetero) is 2. The van der Waals surface area contributed by atoms with Crippen LogP contribution in [0.15, 0.2) is 63.8 Å². The summed E-state index contributed by atoms with van der Waals surface area (Å²) in [5, 5.41) is 0. The van der Waals surface area contributed by atoms with Gasteiger partial charge < -0.3 is 13.8 Å². The summed E-state index contributed by atoms with van der Waals surface area (Å²) in [5.74, 6) is -0.139. The maximum absolute atomic E-state index is 13.9. The zero-order chi connectivity index (χ0) is 30.8. The minimum absolute atomic E-state index is 0.0394. The van der Waals surface area contributed by atoms with Crippen molar-refractivity contribution in [3.63, 3.8) is 0 Å². The predicted octanol–water partition coefficient (Wildman–Crippen LogP) is 7.08. The number of halogens is 1. The van der Waals surface area contributed by atoms with E-state index in [-0.39, 0.29) is 45.4 Å². The van der Waals surface area contributed by atoms with E-state index in [9.17, 15) is 18.0 Å². The van der Waals surface area contributed by atoms with E-state index < -0.39 is 16.0 Å². The van der Waals surface area contributed by atoms with Crippen molar-refractivity contribution < 1.29 is 26.9 Å². The molecule has 7 nitrogen and oxygen atoms in total. The topological polar surface area (TPSA) is 90.0 Å². The van der Waals surface area contributed by atoms with E-state index in [1.807, 2.05) is 27.0 Å². The molecule has 3 aliphatic rings. The Hall–Kier alpha value is -2.66. The molecule has 2 aromatic carbocycles. The average molecular weight is 704 g/mol. The van der Waals surface area contributed by atoms with Crippen LogP contribution in [0.3, 0.4) is 0 Å². The molecule has 0 atom stereocenters. The highest BCUT2D eigenvalue weighted by Gasteiger charge is 2.48. The maximum Gasteiger partial charge on any atom is 0.339 e. The van der Waals surface area contributed by atoms with Gasteiger partial charge in [-0.2, -0.15) is 8.42 Å². The number of hydrogen-bond donors (Lipinski definition) is 0. The van der Waals surface area contributed by atoms with Crippen molar-refractivity contribution in [3.8, 4) is 11.5 Å².